The predicted octanol–water partition coefficient (Wildman–Crippen LogP) is 4.59. The molecule has 5 heteroatoms. The molecule has 1 heterocycles. The van der Waals surface area contributed by atoms with Crippen LogP contribution in [0.2, 0.25) is 5.02 Å². The summed E-state index contributed by atoms with van der Waals surface area (Å²) < 4.78 is 5.71. The van der Waals surface area contributed by atoms with Gasteiger partial charge in [0.25, 0.3) is 0 Å². The largest absolute Gasteiger partial charge is 0.494 e. The molecule has 1 aliphatic heterocycles. The molecule has 0 aliphatic carbocycles. The van der Waals surface area contributed by atoms with Gasteiger partial charge in [0.2, 0.25) is 5.91 Å². The maximum absolute atomic E-state index is 12.2. The first-order valence-electron chi connectivity index (χ1n) is 10.0. The third kappa shape index (κ3) is 6.54. The van der Waals surface area contributed by atoms with Gasteiger partial charge >= 0.3 is 0 Å². The highest BCUT2D eigenvalue weighted by Gasteiger charge is 2.20. The smallest absolute Gasteiger partial charge is 0.220 e. The Bertz CT molecular complexity index is 758. The van der Waals surface area contributed by atoms with Gasteiger partial charge < -0.3 is 10.1 Å². The van der Waals surface area contributed by atoms with Gasteiger partial charge in [-0.15, -0.1) is 0 Å². The van der Waals surface area contributed by atoms with Crippen LogP contribution in [0.4, 0.5) is 0 Å². The second-order valence-electron chi connectivity index (χ2n) is 7.47. The van der Waals surface area contributed by atoms with Crippen molar-refractivity contribution in [2.45, 2.75) is 45.2 Å². The van der Waals surface area contributed by atoms with Crippen molar-refractivity contribution in [3.8, 4) is 5.75 Å². The minimum absolute atomic E-state index is 0.123. The number of amides is 1. The number of nitrogens with zero attached hydrogens (tertiary/aromatic N) is 1. The highest BCUT2D eigenvalue weighted by Crippen LogP contribution is 2.21. The van der Waals surface area contributed by atoms with Crippen LogP contribution in [0, 0.1) is 6.92 Å². The fourth-order valence-electron chi connectivity index (χ4n) is 3.51. The summed E-state index contributed by atoms with van der Waals surface area (Å²) in [4.78, 5) is 14.7. The van der Waals surface area contributed by atoms with Crippen LogP contribution in [-0.2, 0) is 11.3 Å². The normalized spacial score (nSPS) is 15.4. The fraction of sp³-hybridized carbons (Fsp3) is 0.435. The summed E-state index contributed by atoms with van der Waals surface area (Å²) in [6.07, 6.45) is 3.23. The molecular formula is C23H29ClN2O2. The molecular weight excluding hydrogens is 372 g/mol. The van der Waals surface area contributed by atoms with E-state index in [2.05, 4.69) is 34.5 Å². The Labute approximate surface area is 172 Å². The highest BCUT2D eigenvalue weighted by atomic mass is 35.5. The Morgan fingerprint density at radius 1 is 1.18 bits per heavy atom. The molecule has 0 radical (unpaired) electrons. The molecule has 1 amide bonds. The zero-order valence-corrected chi connectivity index (χ0v) is 17.3. The fourth-order valence-corrected chi connectivity index (χ4v) is 3.62. The number of ether oxygens (including phenoxy) is 1. The lowest BCUT2D eigenvalue weighted by molar-refractivity contribution is -0.122. The molecule has 2 aromatic carbocycles. The van der Waals surface area contributed by atoms with E-state index in [1.807, 2.05) is 31.2 Å². The van der Waals surface area contributed by atoms with Crippen LogP contribution >= 0.6 is 11.6 Å². The van der Waals surface area contributed by atoms with Gasteiger partial charge in [-0.1, -0.05) is 41.9 Å². The van der Waals surface area contributed by atoms with Crippen molar-refractivity contribution >= 4 is 17.5 Å². The number of piperidine rings is 1. The van der Waals surface area contributed by atoms with Gasteiger partial charge in [0.05, 0.1) is 6.61 Å². The quantitative estimate of drug-likeness (QED) is 0.659. The molecule has 0 aromatic heterocycles. The van der Waals surface area contributed by atoms with E-state index in [9.17, 15) is 4.79 Å². The number of aryl methyl sites for hydroxylation is 1. The van der Waals surface area contributed by atoms with E-state index < -0.39 is 0 Å². The molecule has 0 bridgehead atoms. The maximum Gasteiger partial charge on any atom is 0.220 e. The van der Waals surface area contributed by atoms with Crippen LogP contribution < -0.4 is 10.1 Å². The lowest BCUT2D eigenvalue weighted by Crippen LogP contribution is -2.44. The van der Waals surface area contributed by atoms with Crippen molar-refractivity contribution in [2.24, 2.45) is 0 Å². The van der Waals surface area contributed by atoms with Gasteiger partial charge in [-0.05, 0) is 55.5 Å². The summed E-state index contributed by atoms with van der Waals surface area (Å²) in [5, 5.41) is 3.92. The summed E-state index contributed by atoms with van der Waals surface area (Å²) in [7, 11) is 0. The van der Waals surface area contributed by atoms with Crippen LogP contribution in [0.5, 0.6) is 5.75 Å². The molecule has 1 N–H and O–H groups in total. The van der Waals surface area contributed by atoms with E-state index in [4.69, 9.17) is 16.3 Å². The molecule has 0 saturated carbocycles. The lowest BCUT2D eigenvalue weighted by atomic mass is 10.0. The summed E-state index contributed by atoms with van der Waals surface area (Å²) in [5.41, 5.74) is 2.34. The van der Waals surface area contributed by atoms with Gasteiger partial charge in [-0.3, -0.25) is 9.69 Å². The monoisotopic (exact) mass is 400 g/mol. The van der Waals surface area contributed by atoms with Crippen molar-refractivity contribution < 1.29 is 9.53 Å². The molecule has 1 saturated heterocycles. The summed E-state index contributed by atoms with van der Waals surface area (Å²) in [5.74, 6) is 0.922. The number of benzene rings is 2. The summed E-state index contributed by atoms with van der Waals surface area (Å²) in [6, 6.07) is 16.5. The SMILES string of the molecule is Cc1cc(OCCCC(=O)NC2CCN(Cc3ccccc3)CC2)ccc1Cl. The number of halogens is 1. The second-order valence-corrected chi connectivity index (χ2v) is 7.87. The molecule has 28 heavy (non-hydrogen) atoms. The van der Waals surface area contributed by atoms with Crippen LogP contribution in [-0.4, -0.2) is 36.5 Å². The topological polar surface area (TPSA) is 41.6 Å². The molecule has 1 aliphatic rings. The van der Waals surface area contributed by atoms with Crippen LogP contribution in [0.1, 0.15) is 36.8 Å². The van der Waals surface area contributed by atoms with Crippen LogP contribution in [0.15, 0.2) is 48.5 Å². The average Bonchev–Trinajstić information content (AvgIpc) is 2.70. The number of carbonyl (C=O) groups is 1. The zero-order valence-electron chi connectivity index (χ0n) is 16.5. The minimum Gasteiger partial charge on any atom is -0.494 e. The van der Waals surface area contributed by atoms with E-state index in [1.54, 1.807) is 0 Å². The highest BCUT2D eigenvalue weighted by molar-refractivity contribution is 6.31. The molecule has 0 spiro atoms. The molecule has 4 nitrogen and oxygen atoms in total. The molecule has 150 valence electrons. The molecule has 2 aromatic rings. The average molecular weight is 401 g/mol. The van der Waals surface area contributed by atoms with Crippen molar-refractivity contribution in [2.75, 3.05) is 19.7 Å². The van der Waals surface area contributed by atoms with E-state index in [0.717, 1.165) is 48.8 Å². The van der Waals surface area contributed by atoms with Gasteiger partial charge in [-0.25, -0.2) is 0 Å². The van der Waals surface area contributed by atoms with Crippen molar-refractivity contribution in [3.05, 3.63) is 64.7 Å². The van der Waals surface area contributed by atoms with Gasteiger partial charge in [0.15, 0.2) is 0 Å². The molecule has 3 rings (SSSR count). The van der Waals surface area contributed by atoms with Gasteiger partial charge in [-0.2, -0.15) is 0 Å². The molecule has 1 fully saturated rings. The maximum atomic E-state index is 12.2. The number of hydrogen-bond acceptors (Lipinski definition) is 3. The Kier molecular flexibility index (Phi) is 7.75. The summed E-state index contributed by atoms with van der Waals surface area (Å²) in [6.45, 7) is 5.53. The van der Waals surface area contributed by atoms with Gasteiger partial charge in [0.1, 0.15) is 5.75 Å². The van der Waals surface area contributed by atoms with Gasteiger partial charge in [0, 0.05) is 37.1 Å². The standard InChI is InChI=1S/C23H29ClN2O2/c1-18-16-21(9-10-22(18)24)28-15-5-8-23(27)25-20-11-13-26(14-12-20)17-19-6-3-2-4-7-19/h2-4,6-7,9-10,16,20H,5,8,11-15,17H2,1H3,(H,25,27). The first-order valence-corrected chi connectivity index (χ1v) is 10.4. The molecule has 0 atom stereocenters. The summed E-state index contributed by atoms with van der Waals surface area (Å²) >= 11 is 6.01. The number of likely N-dealkylation sites (tertiary alicyclic amines) is 1. The zero-order chi connectivity index (χ0) is 19.8. The first kappa shape index (κ1) is 20.7. The second kappa shape index (κ2) is 10.5. The van der Waals surface area contributed by atoms with Crippen molar-refractivity contribution in [1.29, 1.82) is 0 Å². The van der Waals surface area contributed by atoms with E-state index in [1.165, 1.54) is 5.56 Å². The number of hydrogen-bond donors (Lipinski definition) is 1. The Morgan fingerprint density at radius 2 is 1.93 bits per heavy atom. The van der Waals surface area contributed by atoms with Crippen molar-refractivity contribution in [3.63, 3.8) is 0 Å². The third-order valence-corrected chi connectivity index (χ3v) is 5.57. The molecule has 0 unspecified atom stereocenters. The van der Waals surface area contributed by atoms with Crippen molar-refractivity contribution in [1.82, 2.24) is 10.2 Å². The van der Waals surface area contributed by atoms with E-state index >= 15 is 0 Å². The third-order valence-electron chi connectivity index (χ3n) is 5.15. The number of rotatable bonds is 8. The lowest BCUT2D eigenvalue weighted by Gasteiger charge is -2.32. The van der Waals surface area contributed by atoms with E-state index in [0.29, 0.717) is 25.5 Å². The Balaban J connectivity index is 1.29. The first-order chi connectivity index (χ1) is 13.6. The number of nitrogens with one attached hydrogen (secondary N) is 1. The van der Waals surface area contributed by atoms with Crippen LogP contribution in [0.3, 0.4) is 0 Å². The Hall–Kier alpha value is -2.04. The van der Waals surface area contributed by atoms with Crippen LogP contribution in [0.25, 0.3) is 0 Å². The minimum atomic E-state index is 0.123. The predicted molar refractivity (Wildman–Crippen MR) is 114 cm³/mol. The Morgan fingerprint density at radius 3 is 2.64 bits per heavy atom. The van der Waals surface area contributed by atoms with E-state index in [-0.39, 0.29) is 5.91 Å². The number of carbonyl (C=O) groups excluding carboxylic acids is 1.